The average Bonchev–Trinajstić information content (AvgIpc) is 2.35. The molecule has 0 bridgehead atoms. The molecule has 0 aliphatic rings. The first-order valence-electron chi connectivity index (χ1n) is 5.74. The molecule has 0 unspecified atom stereocenters. The van der Waals surface area contributed by atoms with E-state index in [0.717, 1.165) is 11.4 Å². The number of hydrogen-bond acceptors (Lipinski definition) is 3. The van der Waals surface area contributed by atoms with Crippen molar-refractivity contribution in [2.45, 2.75) is 13.8 Å². The van der Waals surface area contributed by atoms with Gasteiger partial charge in [0.2, 0.25) is 5.91 Å². The number of nitrogens with two attached hydrogens (primary N) is 1. The van der Waals surface area contributed by atoms with Crippen LogP contribution in [0.25, 0.3) is 0 Å². The summed E-state index contributed by atoms with van der Waals surface area (Å²) in [6.07, 6.45) is 0. The lowest BCUT2D eigenvalue weighted by molar-refractivity contribution is -0.117. The molecule has 0 spiro atoms. The number of hydrogen-bond donors (Lipinski definition) is 1. The number of likely N-dealkylation sites (N-methyl/N-ethyl adjacent to an activating group) is 1. The fourth-order valence-corrected chi connectivity index (χ4v) is 1.31. The van der Waals surface area contributed by atoms with Gasteiger partial charge in [-0.3, -0.25) is 4.79 Å². The van der Waals surface area contributed by atoms with E-state index in [0.29, 0.717) is 12.5 Å². The van der Waals surface area contributed by atoms with E-state index >= 15 is 0 Å². The molecule has 4 heteroatoms. The highest BCUT2D eigenvalue weighted by Gasteiger charge is 2.08. The molecule has 1 aromatic carbocycles. The van der Waals surface area contributed by atoms with E-state index in [4.69, 9.17) is 10.5 Å². The highest BCUT2D eigenvalue weighted by Crippen LogP contribution is 2.18. The number of rotatable bonds is 5. The van der Waals surface area contributed by atoms with E-state index in [1.165, 1.54) is 4.90 Å². The van der Waals surface area contributed by atoms with Gasteiger partial charge in [-0.25, -0.2) is 0 Å². The van der Waals surface area contributed by atoms with E-state index in [1.54, 1.807) is 7.05 Å². The van der Waals surface area contributed by atoms with Crippen molar-refractivity contribution in [1.82, 2.24) is 0 Å². The summed E-state index contributed by atoms with van der Waals surface area (Å²) in [5.74, 6) is 1.20. The van der Waals surface area contributed by atoms with Gasteiger partial charge in [0.25, 0.3) is 0 Å². The van der Waals surface area contributed by atoms with E-state index in [2.05, 4.69) is 13.8 Å². The van der Waals surface area contributed by atoms with Gasteiger partial charge in [0, 0.05) is 12.7 Å². The molecule has 1 rings (SSSR count). The van der Waals surface area contributed by atoms with Crippen LogP contribution in [0.5, 0.6) is 5.75 Å². The maximum atomic E-state index is 11.4. The van der Waals surface area contributed by atoms with Crippen molar-refractivity contribution in [2.75, 3.05) is 25.1 Å². The minimum Gasteiger partial charge on any atom is -0.493 e. The summed E-state index contributed by atoms with van der Waals surface area (Å²) in [4.78, 5) is 12.9. The zero-order valence-electron chi connectivity index (χ0n) is 10.6. The largest absolute Gasteiger partial charge is 0.493 e. The third-order valence-electron chi connectivity index (χ3n) is 2.36. The second-order valence-corrected chi connectivity index (χ2v) is 4.36. The van der Waals surface area contributed by atoms with Gasteiger partial charge in [-0.2, -0.15) is 0 Å². The minimum absolute atomic E-state index is 0.0160. The zero-order chi connectivity index (χ0) is 12.8. The van der Waals surface area contributed by atoms with Crippen LogP contribution in [0.15, 0.2) is 24.3 Å². The van der Waals surface area contributed by atoms with Gasteiger partial charge in [0.15, 0.2) is 0 Å². The van der Waals surface area contributed by atoms with Crippen LogP contribution in [-0.4, -0.2) is 26.1 Å². The molecule has 0 aromatic heterocycles. The monoisotopic (exact) mass is 236 g/mol. The third-order valence-corrected chi connectivity index (χ3v) is 2.36. The van der Waals surface area contributed by atoms with Crippen molar-refractivity contribution in [1.29, 1.82) is 0 Å². The molecule has 1 amide bonds. The van der Waals surface area contributed by atoms with Gasteiger partial charge in [-0.15, -0.1) is 0 Å². The second kappa shape index (κ2) is 6.25. The van der Waals surface area contributed by atoms with Crippen LogP contribution in [0.4, 0.5) is 5.69 Å². The molecule has 0 fully saturated rings. The molecule has 0 aliphatic carbocycles. The van der Waals surface area contributed by atoms with Gasteiger partial charge in [-0.1, -0.05) is 13.8 Å². The third kappa shape index (κ3) is 4.07. The van der Waals surface area contributed by atoms with Crippen LogP contribution in [0.2, 0.25) is 0 Å². The van der Waals surface area contributed by atoms with Crippen molar-refractivity contribution in [3.63, 3.8) is 0 Å². The van der Waals surface area contributed by atoms with Crippen molar-refractivity contribution in [3.8, 4) is 5.75 Å². The van der Waals surface area contributed by atoms with Gasteiger partial charge < -0.3 is 15.4 Å². The second-order valence-electron chi connectivity index (χ2n) is 4.36. The van der Waals surface area contributed by atoms with Gasteiger partial charge in [-0.05, 0) is 30.2 Å². The molecule has 0 atom stereocenters. The smallest absolute Gasteiger partial charge is 0.240 e. The molecule has 0 saturated carbocycles. The normalized spacial score (nSPS) is 10.4. The first-order valence-corrected chi connectivity index (χ1v) is 5.74. The highest BCUT2D eigenvalue weighted by atomic mass is 16.5. The molecule has 0 radical (unpaired) electrons. The van der Waals surface area contributed by atoms with Gasteiger partial charge in [0.05, 0.1) is 13.2 Å². The first-order chi connectivity index (χ1) is 8.04. The molecule has 0 aliphatic heterocycles. The predicted octanol–water partition coefficient (Wildman–Crippen LogP) is 1.64. The highest BCUT2D eigenvalue weighted by molar-refractivity contribution is 5.94. The Hall–Kier alpha value is -1.55. The summed E-state index contributed by atoms with van der Waals surface area (Å²) < 4.78 is 5.56. The average molecular weight is 236 g/mol. The summed E-state index contributed by atoms with van der Waals surface area (Å²) in [6, 6.07) is 7.42. The Morgan fingerprint density at radius 1 is 1.35 bits per heavy atom. The Bertz CT molecular complexity index is 360. The molecular formula is C13H20N2O2. The molecule has 1 aromatic rings. The topological polar surface area (TPSA) is 55.6 Å². The van der Waals surface area contributed by atoms with Crippen LogP contribution >= 0.6 is 0 Å². The Balaban J connectivity index is 2.64. The lowest BCUT2D eigenvalue weighted by atomic mass is 10.2. The van der Waals surface area contributed by atoms with Gasteiger partial charge >= 0.3 is 0 Å². The van der Waals surface area contributed by atoms with Crippen LogP contribution in [0.3, 0.4) is 0 Å². The van der Waals surface area contributed by atoms with Crippen LogP contribution in [0, 0.1) is 5.92 Å². The fourth-order valence-electron chi connectivity index (χ4n) is 1.31. The van der Waals surface area contributed by atoms with Crippen molar-refractivity contribution in [3.05, 3.63) is 24.3 Å². The summed E-state index contributed by atoms with van der Waals surface area (Å²) in [7, 11) is 1.71. The van der Waals surface area contributed by atoms with Crippen LogP contribution in [-0.2, 0) is 4.79 Å². The number of anilines is 1. The number of nitrogens with zero attached hydrogens (tertiary/aromatic N) is 1. The van der Waals surface area contributed by atoms with Gasteiger partial charge in [0.1, 0.15) is 5.75 Å². The van der Waals surface area contributed by atoms with Crippen LogP contribution in [0.1, 0.15) is 13.8 Å². The number of carbonyl (C=O) groups is 1. The Morgan fingerprint density at radius 2 is 1.94 bits per heavy atom. The maximum absolute atomic E-state index is 11.4. The number of carbonyl (C=O) groups excluding carboxylic acids is 1. The molecule has 4 nitrogen and oxygen atoms in total. The summed E-state index contributed by atoms with van der Waals surface area (Å²) >= 11 is 0. The summed E-state index contributed by atoms with van der Waals surface area (Å²) in [5.41, 5.74) is 6.12. The Kier molecular flexibility index (Phi) is 4.97. The van der Waals surface area contributed by atoms with E-state index in [-0.39, 0.29) is 12.5 Å². The molecule has 94 valence electrons. The van der Waals surface area contributed by atoms with Crippen molar-refractivity contribution < 1.29 is 9.53 Å². The number of ether oxygens (including phenoxy) is 1. The summed E-state index contributed by atoms with van der Waals surface area (Å²) in [6.45, 7) is 4.91. The minimum atomic E-state index is -0.110. The molecule has 2 N–H and O–H groups in total. The zero-order valence-corrected chi connectivity index (χ0v) is 10.6. The Labute approximate surface area is 102 Å². The predicted molar refractivity (Wildman–Crippen MR) is 69.2 cm³/mol. The summed E-state index contributed by atoms with van der Waals surface area (Å²) in [5, 5.41) is 0. The quantitative estimate of drug-likeness (QED) is 0.845. The van der Waals surface area contributed by atoms with E-state index in [9.17, 15) is 4.79 Å². The lowest BCUT2D eigenvalue weighted by Gasteiger charge is -2.17. The fraction of sp³-hybridized carbons (Fsp3) is 0.462. The molecule has 17 heavy (non-hydrogen) atoms. The van der Waals surface area contributed by atoms with E-state index in [1.807, 2.05) is 24.3 Å². The molecule has 0 saturated heterocycles. The van der Waals surface area contributed by atoms with Crippen molar-refractivity contribution >= 4 is 11.6 Å². The standard InChI is InChI=1S/C13H20N2O2/c1-10(2)9-17-12-6-4-11(5-7-12)15(3)13(16)8-14/h4-7,10H,8-9,14H2,1-3H3. The number of benzene rings is 1. The number of amides is 1. The van der Waals surface area contributed by atoms with E-state index < -0.39 is 0 Å². The Morgan fingerprint density at radius 3 is 2.41 bits per heavy atom. The van der Waals surface area contributed by atoms with Crippen molar-refractivity contribution in [2.24, 2.45) is 11.7 Å². The first kappa shape index (κ1) is 13.5. The molecular weight excluding hydrogens is 216 g/mol. The maximum Gasteiger partial charge on any atom is 0.240 e. The lowest BCUT2D eigenvalue weighted by Crippen LogP contribution is -2.32. The SMILES string of the molecule is CC(C)COc1ccc(N(C)C(=O)CN)cc1. The molecule has 0 heterocycles. The van der Waals surface area contributed by atoms with Crippen LogP contribution < -0.4 is 15.4 Å².